The van der Waals surface area contributed by atoms with Gasteiger partial charge in [-0.15, -0.1) is 0 Å². The van der Waals surface area contributed by atoms with Crippen LogP contribution in [0.25, 0.3) is 21.8 Å². The van der Waals surface area contributed by atoms with Gasteiger partial charge in [-0.25, -0.2) is 4.39 Å². The van der Waals surface area contributed by atoms with Crippen LogP contribution in [-0.2, 0) is 31.5 Å². The molecular formula is C21H18FN5O2. The van der Waals surface area contributed by atoms with Gasteiger partial charge < -0.3 is 9.47 Å². The van der Waals surface area contributed by atoms with E-state index >= 15 is 0 Å². The van der Waals surface area contributed by atoms with Crippen LogP contribution < -0.4 is 5.56 Å². The number of halogens is 1. The maximum absolute atomic E-state index is 14.0. The summed E-state index contributed by atoms with van der Waals surface area (Å²) in [7, 11) is 1.75. The van der Waals surface area contributed by atoms with Crippen LogP contribution in [0.15, 0.2) is 47.5 Å². The van der Waals surface area contributed by atoms with Crippen LogP contribution in [-0.4, -0.2) is 30.1 Å². The number of amides is 1. The number of nitrogens with zero attached hydrogens (tertiary/aromatic N) is 5. The van der Waals surface area contributed by atoms with E-state index in [1.54, 1.807) is 28.9 Å². The fourth-order valence-corrected chi connectivity index (χ4v) is 4.06. The van der Waals surface area contributed by atoms with Gasteiger partial charge in [-0.1, -0.05) is 6.07 Å². The maximum atomic E-state index is 14.0. The average Bonchev–Trinajstić information content (AvgIpc) is 3.32. The highest BCUT2D eigenvalue weighted by atomic mass is 19.1. The van der Waals surface area contributed by atoms with E-state index in [0.717, 1.165) is 16.6 Å². The Morgan fingerprint density at radius 2 is 2.07 bits per heavy atom. The normalized spacial score (nSPS) is 13.4. The van der Waals surface area contributed by atoms with Crippen molar-refractivity contribution in [3.05, 3.63) is 70.2 Å². The Labute approximate surface area is 165 Å². The number of carbonyl (C=O) groups is 1. The average molecular weight is 391 g/mol. The van der Waals surface area contributed by atoms with Gasteiger partial charge >= 0.3 is 0 Å². The van der Waals surface area contributed by atoms with Crippen molar-refractivity contribution in [2.45, 2.75) is 26.1 Å². The maximum Gasteiger partial charge on any atom is 0.262 e. The van der Waals surface area contributed by atoms with Gasteiger partial charge in [-0.05, 0) is 29.8 Å². The van der Waals surface area contributed by atoms with Gasteiger partial charge in [0, 0.05) is 38.1 Å². The first-order valence-electron chi connectivity index (χ1n) is 9.37. The molecule has 4 heterocycles. The first-order chi connectivity index (χ1) is 14.0. The van der Waals surface area contributed by atoms with E-state index in [9.17, 15) is 14.0 Å². The van der Waals surface area contributed by atoms with Crippen molar-refractivity contribution >= 4 is 27.7 Å². The van der Waals surface area contributed by atoms with Gasteiger partial charge in [0.15, 0.2) is 0 Å². The molecule has 1 aliphatic rings. The number of carbonyl (C=O) groups excluding carboxylic acids is 1. The van der Waals surface area contributed by atoms with Crippen molar-refractivity contribution < 1.29 is 9.18 Å². The lowest BCUT2D eigenvalue weighted by Crippen LogP contribution is -2.29. The monoisotopic (exact) mass is 391 g/mol. The SMILES string of the molecule is Cn1ncc2c(=O)n(CCC(=O)N3Cc4cccnc4C3)c3cc(F)ccc3c21. The van der Waals surface area contributed by atoms with Crippen molar-refractivity contribution in [2.24, 2.45) is 7.05 Å². The lowest BCUT2D eigenvalue weighted by atomic mass is 10.1. The van der Waals surface area contributed by atoms with Gasteiger partial charge in [0.25, 0.3) is 5.56 Å². The summed E-state index contributed by atoms with van der Waals surface area (Å²) in [6.07, 6.45) is 3.38. The molecule has 3 aromatic heterocycles. The standard InChI is InChI=1S/C21H18FN5O2/c1-25-20-15-5-4-14(22)9-18(15)27(21(29)16(20)10-24-25)8-6-19(28)26-11-13-3-2-7-23-17(13)12-26/h2-5,7,9-10H,6,8,11-12H2,1H3. The number of rotatable bonds is 3. The number of aromatic nitrogens is 4. The van der Waals surface area contributed by atoms with E-state index < -0.39 is 5.82 Å². The summed E-state index contributed by atoms with van der Waals surface area (Å²) in [6, 6.07) is 8.17. The number of hydrogen-bond acceptors (Lipinski definition) is 4. The highest BCUT2D eigenvalue weighted by molar-refractivity contribution is 6.03. The summed E-state index contributed by atoms with van der Waals surface area (Å²) in [5.74, 6) is -0.495. The quantitative estimate of drug-likeness (QED) is 0.537. The number of hydrogen-bond donors (Lipinski definition) is 0. The first kappa shape index (κ1) is 17.5. The highest BCUT2D eigenvalue weighted by Gasteiger charge is 2.24. The van der Waals surface area contributed by atoms with E-state index in [-0.39, 0.29) is 24.4 Å². The minimum absolute atomic E-state index is 0.0641. The summed E-state index contributed by atoms with van der Waals surface area (Å²) < 4.78 is 17.0. The summed E-state index contributed by atoms with van der Waals surface area (Å²) in [5, 5.41) is 5.36. The Hall–Kier alpha value is -3.55. The molecule has 1 amide bonds. The first-order valence-corrected chi connectivity index (χ1v) is 9.37. The minimum Gasteiger partial charge on any atom is -0.332 e. The number of fused-ring (bicyclic) bond motifs is 4. The summed E-state index contributed by atoms with van der Waals surface area (Å²) in [4.78, 5) is 31.8. The fraction of sp³-hybridized carbons (Fsp3) is 0.238. The summed E-state index contributed by atoms with van der Waals surface area (Å²) >= 11 is 0. The smallest absolute Gasteiger partial charge is 0.262 e. The van der Waals surface area contributed by atoms with Gasteiger partial charge in [0.2, 0.25) is 5.91 Å². The molecule has 0 saturated heterocycles. The molecule has 1 aromatic carbocycles. The molecule has 0 bridgehead atoms. The van der Waals surface area contributed by atoms with E-state index in [1.165, 1.54) is 22.9 Å². The van der Waals surface area contributed by atoms with Crippen molar-refractivity contribution in [3.63, 3.8) is 0 Å². The molecule has 5 rings (SSSR count). The van der Waals surface area contributed by atoms with Gasteiger partial charge in [-0.3, -0.25) is 19.3 Å². The minimum atomic E-state index is -0.431. The Morgan fingerprint density at radius 3 is 2.90 bits per heavy atom. The summed E-state index contributed by atoms with van der Waals surface area (Å²) in [5.41, 5.74) is 2.80. The third-order valence-electron chi connectivity index (χ3n) is 5.51. The van der Waals surface area contributed by atoms with E-state index in [1.807, 2.05) is 12.1 Å². The molecule has 0 spiro atoms. The molecule has 146 valence electrons. The molecule has 8 heteroatoms. The zero-order valence-electron chi connectivity index (χ0n) is 15.8. The lowest BCUT2D eigenvalue weighted by Gasteiger charge is -2.17. The second kappa shape index (κ2) is 6.51. The van der Waals surface area contributed by atoms with E-state index in [0.29, 0.717) is 29.5 Å². The number of aryl methyl sites for hydroxylation is 2. The Balaban J connectivity index is 1.49. The Bertz CT molecular complexity index is 1320. The van der Waals surface area contributed by atoms with Gasteiger partial charge in [-0.2, -0.15) is 5.10 Å². The van der Waals surface area contributed by atoms with E-state index in [4.69, 9.17) is 0 Å². The summed E-state index contributed by atoms with van der Waals surface area (Å²) in [6.45, 7) is 1.16. The van der Waals surface area contributed by atoms with Crippen LogP contribution >= 0.6 is 0 Å². The van der Waals surface area contributed by atoms with Crippen molar-refractivity contribution in [2.75, 3.05) is 0 Å². The molecule has 0 N–H and O–H groups in total. The second-order valence-corrected chi connectivity index (χ2v) is 7.26. The zero-order chi connectivity index (χ0) is 20.1. The predicted molar refractivity (Wildman–Crippen MR) is 106 cm³/mol. The van der Waals surface area contributed by atoms with Crippen molar-refractivity contribution in [1.29, 1.82) is 0 Å². The molecule has 0 radical (unpaired) electrons. The van der Waals surface area contributed by atoms with Crippen LogP contribution in [0.1, 0.15) is 17.7 Å². The zero-order valence-corrected chi connectivity index (χ0v) is 15.8. The highest BCUT2D eigenvalue weighted by Crippen LogP contribution is 2.24. The van der Waals surface area contributed by atoms with E-state index in [2.05, 4.69) is 10.1 Å². The topological polar surface area (TPSA) is 73.0 Å². The molecule has 7 nitrogen and oxygen atoms in total. The van der Waals surface area contributed by atoms with Gasteiger partial charge in [0.05, 0.1) is 34.9 Å². The second-order valence-electron chi connectivity index (χ2n) is 7.26. The Morgan fingerprint density at radius 1 is 1.21 bits per heavy atom. The molecule has 29 heavy (non-hydrogen) atoms. The fourth-order valence-electron chi connectivity index (χ4n) is 4.06. The van der Waals surface area contributed by atoms with Crippen LogP contribution in [0.2, 0.25) is 0 Å². The lowest BCUT2D eigenvalue weighted by molar-refractivity contribution is -0.132. The molecular weight excluding hydrogens is 373 g/mol. The molecule has 0 aliphatic carbocycles. The van der Waals surface area contributed by atoms with Crippen LogP contribution in [0.5, 0.6) is 0 Å². The third-order valence-corrected chi connectivity index (χ3v) is 5.51. The molecule has 0 unspecified atom stereocenters. The van der Waals surface area contributed by atoms with Crippen LogP contribution in [0.4, 0.5) is 4.39 Å². The van der Waals surface area contributed by atoms with Crippen molar-refractivity contribution in [3.8, 4) is 0 Å². The molecule has 0 saturated carbocycles. The predicted octanol–water partition coefficient (Wildman–Crippen LogP) is 2.35. The third kappa shape index (κ3) is 2.79. The number of benzene rings is 1. The molecule has 0 atom stereocenters. The number of pyridine rings is 2. The van der Waals surface area contributed by atoms with Crippen molar-refractivity contribution in [1.82, 2.24) is 24.2 Å². The molecule has 0 fully saturated rings. The Kier molecular flexibility index (Phi) is 3.94. The van der Waals surface area contributed by atoms with Crippen LogP contribution in [0.3, 0.4) is 0 Å². The van der Waals surface area contributed by atoms with Crippen LogP contribution in [0, 0.1) is 5.82 Å². The molecule has 1 aliphatic heterocycles. The van der Waals surface area contributed by atoms with Gasteiger partial charge in [0.1, 0.15) is 5.82 Å². The molecule has 4 aromatic rings. The largest absolute Gasteiger partial charge is 0.332 e.